The van der Waals surface area contributed by atoms with Crippen LogP contribution in [-0.2, 0) is 12.7 Å². The Balaban J connectivity index is 1.68. The van der Waals surface area contributed by atoms with Gasteiger partial charge in [0.15, 0.2) is 0 Å². The van der Waals surface area contributed by atoms with E-state index in [1.807, 2.05) is 6.20 Å². The number of aromatic amines is 1. The Morgan fingerprint density at radius 2 is 2.12 bits per heavy atom. The summed E-state index contributed by atoms with van der Waals surface area (Å²) < 4.78 is 40.3. The molecule has 2 aromatic heterocycles. The molecular weight excluding hydrogens is 319 g/mol. The van der Waals surface area contributed by atoms with Gasteiger partial charge in [0, 0.05) is 30.9 Å². The molecule has 1 aliphatic rings. The van der Waals surface area contributed by atoms with Gasteiger partial charge in [-0.25, -0.2) is 9.97 Å². The van der Waals surface area contributed by atoms with Gasteiger partial charge in [-0.2, -0.15) is 13.2 Å². The Labute approximate surface area is 138 Å². The second kappa shape index (κ2) is 6.58. The lowest BCUT2D eigenvalue weighted by Crippen LogP contribution is -2.35. The van der Waals surface area contributed by atoms with Gasteiger partial charge in [-0.15, -0.1) is 0 Å². The minimum atomic E-state index is -4.37. The summed E-state index contributed by atoms with van der Waals surface area (Å²) in [6, 6.07) is 0.336. The number of rotatable bonds is 4. The highest BCUT2D eigenvalue weighted by Gasteiger charge is 2.34. The zero-order valence-electron chi connectivity index (χ0n) is 13.8. The van der Waals surface area contributed by atoms with Crippen molar-refractivity contribution >= 4 is 0 Å². The lowest BCUT2D eigenvalue weighted by atomic mass is 9.97. The van der Waals surface area contributed by atoms with E-state index in [4.69, 9.17) is 0 Å². The van der Waals surface area contributed by atoms with Crippen molar-refractivity contribution in [2.24, 2.45) is 0 Å². The fraction of sp³-hybridized carbons (Fsp3) is 0.625. The van der Waals surface area contributed by atoms with Crippen LogP contribution in [0, 0.1) is 0 Å². The van der Waals surface area contributed by atoms with Crippen molar-refractivity contribution in [3.63, 3.8) is 0 Å². The van der Waals surface area contributed by atoms with Crippen molar-refractivity contribution < 1.29 is 13.2 Å². The summed E-state index contributed by atoms with van der Waals surface area (Å²) in [5, 5.41) is 0. The lowest BCUT2D eigenvalue weighted by Gasteiger charge is -2.31. The van der Waals surface area contributed by atoms with Crippen LogP contribution in [0.2, 0.25) is 0 Å². The van der Waals surface area contributed by atoms with Crippen molar-refractivity contribution in [2.75, 3.05) is 13.1 Å². The predicted octanol–water partition coefficient (Wildman–Crippen LogP) is 3.59. The number of H-pyrrole nitrogens is 1. The van der Waals surface area contributed by atoms with Crippen LogP contribution in [0.25, 0.3) is 0 Å². The van der Waals surface area contributed by atoms with Gasteiger partial charge in [0.05, 0.1) is 12.7 Å². The Kier molecular flexibility index (Phi) is 4.67. The summed E-state index contributed by atoms with van der Waals surface area (Å²) in [4.78, 5) is 13.1. The summed E-state index contributed by atoms with van der Waals surface area (Å²) >= 11 is 0. The number of likely N-dealkylation sites (tertiary alicyclic amines) is 1. The van der Waals surface area contributed by atoms with Gasteiger partial charge in [-0.05, 0) is 33.2 Å². The molecule has 1 aliphatic heterocycles. The van der Waals surface area contributed by atoms with Gasteiger partial charge in [-0.1, -0.05) is 0 Å². The molecule has 0 aromatic carbocycles. The molecule has 0 radical (unpaired) electrons. The summed E-state index contributed by atoms with van der Waals surface area (Å²) in [5.74, 6) is 1.41. The normalized spacial score (nSPS) is 20.0. The number of nitrogens with zero attached hydrogens (tertiary/aromatic N) is 4. The molecule has 132 valence electrons. The van der Waals surface area contributed by atoms with E-state index >= 15 is 0 Å². The summed E-state index contributed by atoms with van der Waals surface area (Å²) in [5.41, 5.74) is -0.773. The average Bonchev–Trinajstić information content (AvgIpc) is 3.16. The van der Waals surface area contributed by atoms with E-state index in [1.165, 1.54) is 0 Å². The molecule has 1 atom stereocenters. The van der Waals surface area contributed by atoms with Gasteiger partial charge >= 0.3 is 6.18 Å². The molecule has 0 saturated carbocycles. The van der Waals surface area contributed by atoms with Crippen molar-refractivity contribution in [1.82, 2.24) is 24.4 Å². The molecular formula is C16H22F3N5. The van der Waals surface area contributed by atoms with Gasteiger partial charge in [-0.3, -0.25) is 4.90 Å². The number of hydrogen-bond acceptors (Lipinski definition) is 3. The van der Waals surface area contributed by atoms with Crippen LogP contribution in [0.1, 0.15) is 56.0 Å². The van der Waals surface area contributed by atoms with Crippen LogP contribution in [-0.4, -0.2) is 37.5 Å². The van der Waals surface area contributed by atoms with E-state index in [0.717, 1.165) is 31.4 Å². The zero-order chi connectivity index (χ0) is 17.3. The molecule has 1 fully saturated rings. The minimum Gasteiger partial charge on any atom is -0.338 e. The second-order valence-electron chi connectivity index (χ2n) is 6.60. The van der Waals surface area contributed by atoms with E-state index in [2.05, 4.69) is 38.3 Å². The Morgan fingerprint density at radius 3 is 2.79 bits per heavy atom. The van der Waals surface area contributed by atoms with E-state index < -0.39 is 11.9 Å². The highest BCUT2D eigenvalue weighted by molar-refractivity contribution is 5.10. The lowest BCUT2D eigenvalue weighted by molar-refractivity contribution is -0.141. The third kappa shape index (κ3) is 3.63. The molecule has 0 amide bonds. The molecule has 3 heterocycles. The van der Waals surface area contributed by atoms with E-state index in [-0.39, 0.29) is 5.92 Å². The Hall–Kier alpha value is -1.83. The number of nitrogens with one attached hydrogen (secondary N) is 1. The maximum atomic E-state index is 12.7. The molecule has 24 heavy (non-hydrogen) atoms. The third-order valence-electron chi connectivity index (χ3n) is 4.46. The fourth-order valence-electron chi connectivity index (χ4n) is 3.25. The van der Waals surface area contributed by atoms with Gasteiger partial charge < -0.3 is 9.55 Å². The zero-order valence-corrected chi connectivity index (χ0v) is 13.8. The van der Waals surface area contributed by atoms with Crippen molar-refractivity contribution in [3.8, 4) is 0 Å². The predicted molar refractivity (Wildman–Crippen MR) is 83.5 cm³/mol. The molecule has 0 unspecified atom stereocenters. The molecule has 0 bridgehead atoms. The van der Waals surface area contributed by atoms with E-state index in [9.17, 15) is 13.2 Å². The SMILES string of the molecule is CC(C)n1ccnc1CN1CCC[C@H](c2ncc(C(F)(F)F)[nH]2)C1. The molecule has 1 N–H and O–H groups in total. The topological polar surface area (TPSA) is 49.7 Å². The molecule has 1 saturated heterocycles. The van der Waals surface area contributed by atoms with Crippen molar-refractivity contribution in [3.05, 3.63) is 35.9 Å². The number of aromatic nitrogens is 4. The Bertz CT molecular complexity index is 673. The summed E-state index contributed by atoms with van der Waals surface area (Å²) in [6.45, 7) is 6.52. The fourth-order valence-corrected chi connectivity index (χ4v) is 3.25. The first kappa shape index (κ1) is 17.0. The first-order valence-corrected chi connectivity index (χ1v) is 8.20. The van der Waals surface area contributed by atoms with Gasteiger partial charge in [0.25, 0.3) is 0 Å². The molecule has 5 nitrogen and oxygen atoms in total. The molecule has 3 rings (SSSR count). The minimum absolute atomic E-state index is 0.00249. The standard InChI is InChI=1S/C16H22F3N5/c1-11(2)24-7-5-20-14(24)10-23-6-3-4-12(9-23)15-21-8-13(22-15)16(17,18)19/h5,7-8,11-12H,3-4,6,9-10H2,1-2H3,(H,21,22)/t12-/m0/s1. The Morgan fingerprint density at radius 1 is 1.33 bits per heavy atom. The van der Waals surface area contributed by atoms with E-state index in [0.29, 0.717) is 25.0 Å². The highest BCUT2D eigenvalue weighted by atomic mass is 19.4. The molecule has 8 heteroatoms. The molecule has 0 aliphatic carbocycles. The maximum absolute atomic E-state index is 12.7. The van der Waals surface area contributed by atoms with Crippen molar-refractivity contribution in [1.29, 1.82) is 0 Å². The van der Waals surface area contributed by atoms with Crippen LogP contribution in [0.4, 0.5) is 13.2 Å². The number of halogens is 3. The second-order valence-corrected chi connectivity index (χ2v) is 6.60. The number of imidazole rings is 2. The van der Waals surface area contributed by atoms with E-state index in [1.54, 1.807) is 6.20 Å². The maximum Gasteiger partial charge on any atom is 0.432 e. The summed E-state index contributed by atoms with van der Waals surface area (Å²) in [7, 11) is 0. The number of hydrogen-bond donors (Lipinski definition) is 1. The van der Waals surface area contributed by atoms with Crippen LogP contribution in [0.5, 0.6) is 0 Å². The van der Waals surface area contributed by atoms with Crippen LogP contribution in [0.3, 0.4) is 0 Å². The van der Waals surface area contributed by atoms with Crippen LogP contribution >= 0.6 is 0 Å². The van der Waals surface area contributed by atoms with Crippen molar-refractivity contribution in [2.45, 2.75) is 51.4 Å². The smallest absolute Gasteiger partial charge is 0.338 e. The quantitative estimate of drug-likeness (QED) is 0.925. The molecule has 0 spiro atoms. The third-order valence-corrected chi connectivity index (χ3v) is 4.46. The largest absolute Gasteiger partial charge is 0.432 e. The average molecular weight is 341 g/mol. The molecule has 2 aromatic rings. The highest BCUT2D eigenvalue weighted by Crippen LogP contribution is 2.31. The van der Waals surface area contributed by atoms with Crippen LogP contribution in [0.15, 0.2) is 18.6 Å². The van der Waals surface area contributed by atoms with Gasteiger partial charge in [0.1, 0.15) is 17.3 Å². The number of alkyl halides is 3. The monoisotopic (exact) mass is 341 g/mol. The van der Waals surface area contributed by atoms with Crippen LogP contribution < -0.4 is 0 Å². The first-order chi connectivity index (χ1) is 11.3. The summed E-state index contributed by atoms with van der Waals surface area (Å²) in [6.07, 6.45) is 2.05. The first-order valence-electron chi connectivity index (χ1n) is 8.20. The number of piperidine rings is 1. The van der Waals surface area contributed by atoms with Gasteiger partial charge in [0.2, 0.25) is 0 Å².